The van der Waals surface area contributed by atoms with Gasteiger partial charge in [0.1, 0.15) is 11.5 Å². The molecule has 0 N–H and O–H groups in total. The van der Waals surface area contributed by atoms with Crippen molar-refractivity contribution < 1.29 is 23.9 Å². The van der Waals surface area contributed by atoms with Gasteiger partial charge in [0, 0.05) is 0 Å². The van der Waals surface area contributed by atoms with Gasteiger partial charge in [-0.2, -0.15) is 0 Å². The summed E-state index contributed by atoms with van der Waals surface area (Å²) in [5, 5.41) is 0. The Morgan fingerprint density at radius 3 is 2.10 bits per heavy atom. The fourth-order valence-electron chi connectivity index (χ4n) is 3.35. The molecule has 0 spiro atoms. The standard InChI is InChI=1S/C24H19NO5/c1-15-7-12-21(16(2)13-15)29-14-22(26)30-18-10-8-17(9-11-18)25-23(27)19-5-3-4-6-20(19)24(25)28/h3-13H,14H2,1-2H3. The predicted molar refractivity (Wildman–Crippen MR) is 111 cm³/mol. The Morgan fingerprint density at radius 2 is 1.50 bits per heavy atom. The molecule has 0 aliphatic carbocycles. The molecule has 0 atom stereocenters. The highest BCUT2D eigenvalue weighted by molar-refractivity contribution is 6.34. The second kappa shape index (κ2) is 7.83. The van der Waals surface area contributed by atoms with Crippen molar-refractivity contribution in [2.45, 2.75) is 13.8 Å². The van der Waals surface area contributed by atoms with Gasteiger partial charge in [-0.1, -0.05) is 29.8 Å². The van der Waals surface area contributed by atoms with Crippen LogP contribution in [0.25, 0.3) is 0 Å². The van der Waals surface area contributed by atoms with Gasteiger partial charge in [-0.25, -0.2) is 9.69 Å². The molecule has 6 nitrogen and oxygen atoms in total. The lowest BCUT2D eigenvalue weighted by Gasteiger charge is -2.14. The lowest BCUT2D eigenvalue weighted by atomic mass is 10.1. The van der Waals surface area contributed by atoms with E-state index in [2.05, 4.69) is 0 Å². The molecule has 1 heterocycles. The van der Waals surface area contributed by atoms with Crippen LogP contribution in [0.5, 0.6) is 11.5 Å². The lowest BCUT2D eigenvalue weighted by molar-refractivity contribution is -0.136. The second-order valence-electron chi connectivity index (χ2n) is 7.02. The van der Waals surface area contributed by atoms with Gasteiger partial charge in [0.25, 0.3) is 11.8 Å². The minimum Gasteiger partial charge on any atom is -0.482 e. The molecule has 0 aromatic heterocycles. The molecule has 0 radical (unpaired) electrons. The number of nitrogens with zero attached hydrogens (tertiary/aromatic N) is 1. The number of anilines is 1. The van der Waals surface area contributed by atoms with E-state index in [1.807, 2.05) is 32.0 Å². The van der Waals surface area contributed by atoms with Crippen molar-refractivity contribution in [3.8, 4) is 11.5 Å². The molecule has 0 saturated carbocycles. The van der Waals surface area contributed by atoms with Crippen LogP contribution in [-0.2, 0) is 4.79 Å². The van der Waals surface area contributed by atoms with E-state index < -0.39 is 5.97 Å². The SMILES string of the molecule is Cc1ccc(OCC(=O)Oc2ccc(N3C(=O)c4ccccc4C3=O)cc2)c(C)c1. The highest BCUT2D eigenvalue weighted by Crippen LogP contribution is 2.29. The molecule has 1 aliphatic rings. The molecule has 0 bridgehead atoms. The first-order chi connectivity index (χ1) is 14.4. The maximum Gasteiger partial charge on any atom is 0.349 e. The maximum absolute atomic E-state index is 12.5. The fourth-order valence-corrected chi connectivity index (χ4v) is 3.35. The average molecular weight is 401 g/mol. The molecule has 3 aromatic carbocycles. The Balaban J connectivity index is 1.40. The van der Waals surface area contributed by atoms with Crippen LogP contribution in [0.4, 0.5) is 5.69 Å². The van der Waals surface area contributed by atoms with Gasteiger partial charge in [0.05, 0.1) is 16.8 Å². The van der Waals surface area contributed by atoms with E-state index in [1.54, 1.807) is 36.4 Å². The number of hydrogen-bond donors (Lipinski definition) is 0. The first-order valence-electron chi connectivity index (χ1n) is 9.42. The van der Waals surface area contributed by atoms with Crippen molar-refractivity contribution in [2.75, 3.05) is 11.5 Å². The summed E-state index contributed by atoms with van der Waals surface area (Å²) < 4.78 is 10.8. The van der Waals surface area contributed by atoms with Gasteiger partial charge < -0.3 is 9.47 Å². The minimum atomic E-state index is -0.552. The van der Waals surface area contributed by atoms with Gasteiger partial charge in [-0.05, 0) is 61.9 Å². The third-order valence-electron chi connectivity index (χ3n) is 4.80. The van der Waals surface area contributed by atoms with Crippen molar-refractivity contribution in [2.24, 2.45) is 0 Å². The number of hydrogen-bond acceptors (Lipinski definition) is 5. The molecule has 150 valence electrons. The molecule has 4 rings (SSSR count). The molecule has 0 unspecified atom stereocenters. The summed E-state index contributed by atoms with van der Waals surface area (Å²) in [6.07, 6.45) is 0. The summed E-state index contributed by atoms with van der Waals surface area (Å²) in [5.41, 5.74) is 3.21. The fraction of sp³-hybridized carbons (Fsp3) is 0.125. The Bertz CT molecular complexity index is 1120. The van der Waals surface area contributed by atoms with Gasteiger partial charge in [-0.3, -0.25) is 9.59 Å². The molecule has 0 fully saturated rings. The van der Waals surface area contributed by atoms with Gasteiger partial charge in [0.15, 0.2) is 6.61 Å². The summed E-state index contributed by atoms with van der Waals surface area (Å²) in [5.74, 6) is -0.379. The number of carbonyl (C=O) groups is 3. The van der Waals surface area contributed by atoms with Crippen molar-refractivity contribution in [1.29, 1.82) is 0 Å². The van der Waals surface area contributed by atoms with Gasteiger partial charge >= 0.3 is 5.97 Å². The zero-order chi connectivity index (χ0) is 21.3. The molecule has 0 saturated heterocycles. The van der Waals surface area contributed by atoms with E-state index in [0.717, 1.165) is 16.0 Å². The van der Waals surface area contributed by atoms with Crippen LogP contribution >= 0.6 is 0 Å². The number of carbonyl (C=O) groups excluding carboxylic acids is 3. The summed E-state index contributed by atoms with van der Waals surface area (Å²) in [6, 6.07) is 18.6. The molecule has 30 heavy (non-hydrogen) atoms. The van der Waals surface area contributed by atoms with E-state index in [9.17, 15) is 14.4 Å². The second-order valence-corrected chi connectivity index (χ2v) is 7.02. The minimum absolute atomic E-state index is 0.232. The zero-order valence-corrected chi connectivity index (χ0v) is 16.5. The molecule has 6 heteroatoms. The largest absolute Gasteiger partial charge is 0.482 e. The number of ether oxygens (including phenoxy) is 2. The van der Waals surface area contributed by atoms with Crippen LogP contribution in [0.2, 0.25) is 0 Å². The number of amides is 2. The normalized spacial score (nSPS) is 12.7. The van der Waals surface area contributed by atoms with E-state index in [-0.39, 0.29) is 18.4 Å². The molecular weight excluding hydrogens is 382 g/mol. The number of fused-ring (bicyclic) bond motifs is 1. The third kappa shape index (κ3) is 3.67. The summed E-state index contributed by atoms with van der Waals surface area (Å²) >= 11 is 0. The molecule has 3 aromatic rings. The highest BCUT2D eigenvalue weighted by Gasteiger charge is 2.36. The van der Waals surface area contributed by atoms with E-state index in [0.29, 0.717) is 28.3 Å². The average Bonchev–Trinajstić information content (AvgIpc) is 2.99. The molecule has 2 amide bonds. The Morgan fingerprint density at radius 1 is 0.867 bits per heavy atom. The van der Waals surface area contributed by atoms with Crippen LogP contribution in [0.15, 0.2) is 66.7 Å². The van der Waals surface area contributed by atoms with Crippen LogP contribution in [0.1, 0.15) is 31.8 Å². The van der Waals surface area contributed by atoms with E-state index >= 15 is 0 Å². The van der Waals surface area contributed by atoms with Crippen molar-refractivity contribution in [1.82, 2.24) is 0 Å². The van der Waals surface area contributed by atoms with Crippen molar-refractivity contribution >= 4 is 23.5 Å². The van der Waals surface area contributed by atoms with Crippen molar-refractivity contribution in [3.63, 3.8) is 0 Å². The smallest absolute Gasteiger partial charge is 0.349 e. The first-order valence-corrected chi connectivity index (χ1v) is 9.42. The Labute approximate surface area is 173 Å². The summed E-state index contributed by atoms with van der Waals surface area (Å²) in [4.78, 5) is 38.3. The number of aryl methyl sites for hydroxylation is 2. The number of imide groups is 1. The quantitative estimate of drug-likeness (QED) is 0.366. The Kier molecular flexibility index (Phi) is 5.06. The monoisotopic (exact) mass is 401 g/mol. The Hall–Kier alpha value is -3.93. The van der Waals surface area contributed by atoms with Gasteiger partial charge in [0.2, 0.25) is 0 Å². The van der Waals surface area contributed by atoms with Crippen LogP contribution < -0.4 is 14.4 Å². The topological polar surface area (TPSA) is 72.9 Å². The summed E-state index contributed by atoms with van der Waals surface area (Å²) in [6.45, 7) is 3.66. The molecule has 1 aliphatic heterocycles. The van der Waals surface area contributed by atoms with Crippen LogP contribution in [0.3, 0.4) is 0 Å². The van der Waals surface area contributed by atoms with Crippen LogP contribution in [-0.4, -0.2) is 24.4 Å². The van der Waals surface area contributed by atoms with Crippen molar-refractivity contribution in [3.05, 3.63) is 89.0 Å². The maximum atomic E-state index is 12.5. The molecular formula is C24H19NO5. The zero-order valence-electron chi connectivity index (χ0n) is 16.5. The van der Waals surface area contributed by atoms with Crippen LogP contribution in [0, 0.1) is 13.8 Å². The van der Waals surface area contributed by atoms with E-state index in [1.165, 1.54) is 12.1 Å². The first kappa shape index (κ1) is 19.4. The lowest BCUT2D eigenvalue weighted by Crippen LogP contribution is -2.29. The number of rotatable bonds is 5. The number of esters is 1. The number of benzene rings is 3. The summed E-state index contributed by atoms with van der Waals surface area (Å²) in [7, 11) is 0. The van der Waals surface area contributed by atoms with Gasteiger partial charge in [-0.15, -0.1) is 0 Å². The predicted octanol–water partition coefficient (Wildman–Crippen LogP) is 4.09. The third-order valence-corrected chi connectivity index (χ3v) is 4.80. The highest BCUT2D eigenvalue weighted by atomic mass is 16.6. The van der Waals surface area contributed by atoms with E-state index in [4.69, 9.17) is 9.47 Å².